The van der Waals surface area contributed by atoms with Crippen molar-refractivity contribution in [3.8, 4) is 0 Å². The average Bonchev–Trinajstić information content (AvgIpc) is 3.43. The summed E-state index contributed by atoms with van der Waals surface area (Å²) >= 11 is 1.45. The Kier molecular flexibility index (Phi) is 4.71. The van der Waals surface area contributed by atoms with Gasteiger partial charge >= 0.3 is 0 Å². The molecule has 8 nitrogen and oxygen atoms in total. The topological polar surface area (TPSA) is 105 Å². The van der Waals surface area contributed by atoms with Gasteiger partial charge in [0.05, 0.1) is 27.9 Å². The summed E-state index contributed by atoms with van der Waals surface area (Å²) in [6.45, 7) is 1.07. The Morgan fingerprint density at radius 2 is 2.03 bits per heavy atom. The van der Waals surface area contributed by atoms with E-state index in [9.17, 15) is 9.59 Å². The van der Waals surface area contributed by atoms with E-state index in [1.807, 2.05) is 0 Å². The van der Waals surface area contributed by atoms with Crippen LogP contribution in [0, 0.1) is 5.92 Å². The van der Waals surface area contributed by atoms with Gasteiger partial charge in [0, 0.05) is 18.2 Å². The van der Waals surface area contributed by atoms with Crippen LogP contribution in [0.4, 0.5) is 16.6 Å². The minimum Gasteiger partial charge on any atom is -0.381 e. The number of nitrogens with one attached hydrogen (secondary N) is 3. The van der Waals surface area contributed by atoms with Crippen LogP contribution in [0.15, 0.2) is 18.5 Å². The number of hydrogen-bond donors (Lipinski definition) is 3. The van der Waals surface area contributed by atoms with Gasteiger partial charge in [0.15, 0.2) is 0 Å². The van der Waals surface area contributed by atoms with Crippen LogP contribution in [-0.4, -0.2) is 35.0 Å². The molecule has 9 heteroatoms. The standard InChI is InChI=1S/C20H23N5O3S/c26-18(12-4-7-28-10-12)24-15-9-14(21-11-22-15)23-16-8-13-17(29-16)19(27)25-20(13)5-2-1-3-6-20/h8-9,11-12H,1-7,10H2,(H,25,27)(H2,21,22,23,24,26). The minimum absolute atomic E-state index is 0.0226. The van der Waals surface area contributed by atoms with Crippen molar-refractivity contribution in [1.29, 1.82) is 0 Å². The highest BCUT2D eigenvalue weighted by Crippen LogP contribution is 2.47. The van der Waals surface area contributed by atoms with Gasteiger partial charge in [0.1, 0.15) is 18.0 Å². The summed E-state index contributed by atoms with van der Waals surface area (Å²) in [6, 6.07) is 3.77. The van der Waals surface area contributed by atoms with Crippen LogP contribution in [-0.2, 0) is 15.1 Å². The fourth-order valence-electron chi connectivity index (χ4n) is 4.46. The molecule has 2 amide bonds. The SMILES string of the molecule is O=C1NC2(CCCCC2)c2cc(Nc3cc(NC(=O)C4CCOC4)ncn3)sc21. The highest BCUT2D eigenvalue weighted by molar-refractivity contribution is 7.18. The van der Waals surface area contributed by atoms with E-state index in [0.29, 0.717) is 24.8 Å². The maximum absolute atomic E-state index is 12.5. The molecule has 0 radical (unpaired) electrons. The van der Waals surface area contributed by atoms with Crippen molar-refractivity contribution in [1.82, 2.24) is 15.3 Å². The molecule has 4 heterocycles. The molecule has 152 valence electrons. The number of nitrogens with zero attached hydrogens (tertiary/aromatic N) is 2. The Bertz CT molecular complexity index is 947. The van der Waals surface area contributed by atoms with Crippen molar-refractivity contribution in [3.63, 3.8) is 0 Å². The van der Waals surface area contributed by atoms with E-state index in [1.165, 1.54) is 24.1 Å². The number of rotatable bonds is 4. The molecule has 3 aliphatic rings. The van der Waals surface area contributed by atoms with Crippen LogP contribution >= 0.6 is 11.3 Å². The van der Waals surface area contributed by atoms with Crippen molar-refractivity contribution in [2.24, 2.45) is 5.92 Å². The van der Waals surface area contributed by atoms with E-state index in [1.54, 1.807) is 6.07 Å². The monoisotopic (exact) mass is 413 g/mol. The van der Waals surface area contributed by atoms with Crippen LogP contribution in [0.3, 0.4) is 0 Å². The van der Waals surface area contributed by atoms with Gasteiger partial charge in [0.25, 0.3) is 5.91 Å². The Balaban J connectivity index is 1.32. The number of carbonyl (C=O) groups is 2. The van der Waals surface area contributed by atoms with Crippen LogP contribution in [0.2, 0.25) is 0 Å². The van der Waals surface area contributed by atoms with Crippen LogP contribution < -0.4 is 16.0 Å². The number of carbonyl (C=O) groups excluding carboxylic acids is 2. The second-order valence-electron chi connectivity index (χ2n) is 7.91. The third-order valence-electron chi connectivity index (χ3n) is 5.98. The van der Waals surface area contributed by atoms with Gasteiger partial charge in [0.2, 0.25) is 5.91 Å². The van der Waals surface area contributed by atoms with Crippen LogP contribution in [0.5, 0.6) is 0 Å². The zero-order valence-corrected chi connectivity index (χ0v) is 16.8. The normalized spacial score (nSPS) is 22.3. The molecule has 0 bridgehead atoms. The molecule has 3 N–H and O–H groups in total. The first kappa shape index (κ1) is 18.5. The summed E-state index contributed by atoms with van der Waals surface area (Å²) in [6.07, 6.45) is 7.64. The molecule has 1 aliphatic carbocycles. The summed E-state index contributed by atoms with van der Waals surface area (Å²) < 4.78 is 5.27. The fraction of sp³-hybridized carbons (Fsp3) is 0.500. The molecular formula is C20H23N5O3S. The van der Waals surface area contributed by atoms with E-state index in [2.05, 4.69) is 32.0 Å². The minimum atomic E-state index is -0.199. The maximum atomic E-state index is 12.5. The summed E-state index contributed by atoms with van der Waals surface area (Å²) in [5, 5.41) is 10.2. The quantitative estimate of drug-likeness (QED) is 0.711. The molecular weight excluding hydrogens is 390 g/mol. The van der Waals surface area contributed by atoms with Gasteiger partial charge in [-0.3, -0.25) is 9.59 Å². The number of ether oxygens (including phenoxy) is 1. The highest BCUT2D eigenvalue weighted by Gasteiger charge is 2.45. The van der Waals surface area contributed by atoms with Crippen LogP contribution in [0.25, 0.3) is 0 Å². The average molecular weight is 414 g/mol. The summed E-state index contributed by atoms with van der Waals surface area (Å²) in [5.41, 5.74) is 0.911. The predicted octanol–water partition coefficient (Wildman–Crippen LogP) is 3.16. The van der Waals surface area contributed by atoms with Gasteiger partial charge in [-0.15, -0.1) is 11.3 Å². The number of thiophene rings is 1. The lowest BCUT2D eigenvalue weighted by atomic mass is 9.78. The number of hydrogen-bond acceptors (Lipinski definition) is 7. The van der Waals surface area contributed by atoms with Crippen LogP contribution in [0.1, 0.15) is 53.8 Å². The van der Waals surface area contributed by atoms with E-state index in [4.69, 9.17) is 4.74 Å². The molecule has 1 saturated carbocycles. The lowest BCUT2D eigenvalue weighted by Crippen LogP contribution is -2.40. The first-order valence-corrected chi connectivity index (χ1v) is 10.9. The Labute approximate surface area is 172 Å². The molecule has 2 fully saturated rings. The Morgan fingerprint density at radius 1 is 1.21 bits per heavy atom. The van der Waals surface area contributed by atoms with E-state index in [0.717, 1.165) is 47.5 Å². The van der Waals surface area contributed by atoms with Gasteiger partial charge in [-0.05, 0) is 25.3 Å². The zero-order valence-electron chi connectivity index (χ0n) is 16.0. The summed E-state index contributed by atoms with van der Waals surface area (Å²) in [4.78, 5) is 33.9. The first-order chi connectivity index (χ1) is 14.1. The summed E-state index contributed by atoms with van der Waals surface area (Å²) in [7, 11) is 0. The van der Waals surface area contributed by atoms with Crippen molar-refractivity contribution in [2.75, 3.05) is 23.8 Å². The van der Waals surface area contributed by atoms with E-state index < -0.39 is 0 Å². The second kappa shape index (κ2) is 7.38. The number of amides is 2. The molecule has 5 rings (SSSR count). The molecule has 1 atom stereocenters. The summed E-state index contributed by atoms with van der Waals surface area (Å²) in [5.74, 6) is 0.834. The zero-order chi connectivity index (χ0) is 19.8. The molecule has 2 aliphatic heterocycles. The predicted molar refractivity (Wildman–Crippen MR) is 109 cm³/mol. The fourth-order valence-corrected chi connectivity index (χ4v) is 5.52. The smallest absolute Gasteiger partial charge is 0.262 e. The third kappa shape index (κ3) is 3.49. The second-order valence-corrected chi connectivity index (χ2v) is 8.97. The van der Waals surface area contributed by atoms with Crippen molar-refractivity contribution in [3.05, 3.63) is 28.9 Å². The number of anilines is 3. The van der Waals surface area contributed by atoms with Gasteiger partial charge in [-0.25, -0.2) is 9.97 Å². The van der Waals surface area contributed by atoms with Gasteiger partial charge in [-0.2, -0.15) is 0 Å². The molecule has 2 aromatic rings. The van der Waals surface area contributed by atoms with Crippen molar-refractivity contribution >= 4 is 39.8 Å². The van der Waals surface area contributed by atoms with Gasteiger partial charge < -0.3 is 20.7 Å². The number of aromatic nitrogens is 2. The molecule has 29 heavy (non-hydrogen) atoms. The molecule has 1 unspecified atom stereocenters. The largest absolute Gasteiger partial charge is 0.381 e. The maximum Gasteiger partial charge on any atom is 0.262 e. The lowest BCUT2D eigenvalue weighted by molar-refractivity contribution is -0.119. The third-order valence-corrected chi connectivity index (χ3v) is 7.03. The van der Waals surface area contributed by atoms with Gasteiger partial charge in [-0.1, -0.05) is 19.3 Å². The lowest BCUT2D eigenvalue weighted by Gasteiger charge is -2.33. The molecule has 2 aromatic heterocycles. The number of fused-ring (bicyclic) bond motifs is 2. The molecule has 1 spiro atoms. The van der Waals surface area contributed by atoms with Crippen molar-refractivity contribution < 1.29 is 14.3 Å². The van der Waals surface area contributed by atoms with E-state index >= 15 is 0 Å². The highest BCUT2D eigenvalue weighted by atomic mass is 32.1. The van der Waals surface area contributed by atoms with E-state index in [-0.39, 0.29) is 23.3 Å². The van der Waals surface area contributed by atoms with Crippen molar-refractivity contribution in [2.45, 2.75) is 44.1 Å². The Hall–Kier alpha value is -2.52. The first-order valence-electron chi connectivity index (χ1n) is 10.1. The molecule has 0 aromatic carbocycles. The Morgan fingerprint density at radius 3 is 2.83 bits per heavy atom. The molecule has 1 saturated heterocycles.